The van der Waals surface area contributed by atoms with E-state index in [1.165, 1.54) is 10.9 Å². The Bertz CT molecular complexity index is 1140. The number of H-pyrrole nitrogens is 1. The van der Waals surface area contributed by atoms with Crippen LogP contribution in [0.4, 0.5) is 0 Å². The Balaban J connectivity index is 1.41. The monoisotopic (exact) mass is 463 g/mol. The van der Waals surface area contributed by atoms with Gasteiger partial charge in [0.25, 0.3) is 5.91 Å². The Labute approximate surface area is 200 Å². The summed E-state index contributed by atoms with van der Waals surface area (Å²) in [5.41, 5.74) is 2.87. The van der Waals surface area contributed by atoms with E-state index in [-0.39, 0.29) is 17.7 Å². The summed E-state index contributed by atoms with van der Waals surface area (Å²) < 4.78 is 10.6. The minimum Gasteiger partial charge on any atom is -0.497 e. The SMILES string of the molecule is COc1ccc(C(=O)NC(C(=O)N2CCC(c3c[nH]c4ccc(OC)cc34)CC2)C(C)C)cc1. The van der Waals surface area contributed by atoms with E-state index in [4.69, 9.17) is 9.47 Å². The molecule has 0 spiro atoms. The average Bonchev–Trinajstić information content (AvgIpc) is 3.29. The first-order valence-electron chi connectivity index (χ1n) is 11.8. The Morgan fingerprint density at radius 3 is 2.26 bits per heavy atom. The summed E-state index contributed by atoms with van der Waals surface area (Å²) in [6, 6.07) is 12.4. The summed E-state index contributed by atoms with van der Waals surface area (Å²) >= 11 is 0. The standard InChI is InChI=1S/C27H33N3O4/c1-17(2)25(29-26(31)19-5-7-20(33-3)8-6-19)27(32)30-13-11-18(12-14-30)23-16-28-24-10-9-21(34-4)15-22(23)24/h5-10,15-18,25,28H,11-14H2,1-4H3,(H,29,31). The molecule has 180 valence electrons. The van der Waals surface area contributed by atoms with Crippen molar-refractivity contribution < 1.29 is 19.1 Å². The quantitative estimate of drug-likeness (QED) is 0.546. The third-order valence-corrected chi connectivity index (χ3v) is 6.74. The molecule has 7 heteroatoms. The van der Waals surface area contributed by atoms with Gasteiger partial charge in [-0.15, -0.1) is 0 Å². The van der Waals surface area contributed by atoms with Crippen molar-refractivity contribution in [3.63, 3.8) is 0 Å². The van der Waals surface area contributed by atoms with Crippen molar-refractivity contribution >= 4 is 22.7 Å². The van der Waals surface area contributed by atoms with Gasteiger partial charge in [0.05, 0.1) is 14.2 Å². The topological polar surface area (TPSA) is 83.7 Å². The van der Waals surface area contributed by atoms with Crippen LogP contribution in [-0.4, -0.2) is 55.0 Å². The summed E-state index contributed by atoms with van der Waals surface area (Å²) in [7, 11) is 3.26. The van der Waals surface area contributed by atoms with Crippen LogP contribution in [0.5, 0.6) is 11.5 Å². The van der Waals surface area contributed by atoms with Crippen LogP contribution in [0.1, 0.15) is 48.5 Å². The second-order valence-electron chi connectivity index (χ2n) is 9.18. The lowest BCUT2D eigenvalue weighted by Crippen LogP contribution is -2.52. The van der Waals surface area contributed by atoms with E-state index in [1.807, 2.05) is 30.9 Å². The number of aromatic amines is 1. The highest BCUT2D eigenvalue weighted by atomic mass is 16.5. The Morgan fingerprint density at radius 2 is 1.65 bits per heavy atom. The molecule has 2 N–H and O–H groups in total. The van der Waals surface area contributed by atoms with Crippen LogP contribution in [0.2, 0.25) is 0 Å². The number of ether oxygens (including phenoxy) is 2. The molecule has 1 aliphatic heterocycles. The number of carbonyl (C=O) groups is 2. The van der Waals surface area contributed by atoms with Gasteiger partial charge < -0.3 is 24.7 Å². The molecule has 0 aliphatic carbocycles. The van der Waals surface area contributed by atoms with E-state index < -0.39 is 6.04 Å². The molecular weight excluding hydrogens is 430 g/mol. The van der Waals surface area contributed by atoms with Gasteiger partial charge in [-0.3, -0.25) is 9.59 Å². The molecule has 7 nitrogen and oxygen atoms in total. The Kier molecular flexibility index (Phi) is 7.10. The maximum Gasteiger partial charge on any atom is 0.251 e. The van der Waals surface area contributed by atoms with Crippen molar-refractivity contribution in [3.8, 4) is 11.5 Å². The molecule has 1 unspecified atom stereocenters. The maximum atomic E-state index is 13.4. The maximum absolute atomic E-state index is 13.4. The highest BCUT2D eigenvalue weighted by Crippen LogP contribution is 2.35. The van der Waals surface area contributed by atoms with Crippen molar-refractivity contribution in [1.82, 2.24) is 15.2 Å². The van der Waals surface area contributed by atoms with Crippen LogP contribution < -0.4 is 14.8 Å². The number of aromatic nitrogens is 1. The van der Waals surface area contributed by atoms with Gasteiger partial charge in [0.2, 0.25) is 5.91 Å². The lowest BCUT2D eigenvalue weighted by Gasteiger charge is -2.35. The van der Waals surface area contributed by atoms with Crippen LogP contribution in [0.15, 0.2) is 48.7 Å². The molecule has 1 aromatic heterocycles. The molecule has 1 atom stereocenters. The molecule has 0 saturated carbocycles. The molecule has 34 heavy (non-hydrogen) atoms. The lowest BCUT2D eigenvalue weighted by molar-refractivity contribution is -0.135. The largest absolute Gasteiger partial charge is 0.497 e. The fourth-order valence-electron chi connectivity index (χ4n) is 4.67. The number of piperidine rings is 1. The predicted molar refractivity (Wildman–Crippen MR) is 132 cm³/mol. The van der Waals surface area contributed by atoms with E-state index in [2.05, 4.69) is 22.6 Å². The van der Waals surface area contributed by atoms with Gasteiger partial charge in [-0.05, 0) is 72.7 Å². The lowest BCUT2D eigenvalue weighted by atomic mass is 9.88. The van der Waals surface area contributed by atoms with Gasteiger partial charge in [0.15, 0.2) is 0 Å². The number of hydrogen-bond donors (Lipinski definition) is 2. The Hall–Kier alpha value is -3.48. The van der Waals surface area contributed by atoms with E-state index in [0.29, 0.717) is 30.3 Å². The summed E-state index contributed by atoms with van der Waals surface area (Å²) in [6.45, 7) is 5.26. The van der Waals surface area contributed by atoms with Crippen LogP contribution in [0, 0.1) is 5.92 Å². The van der Waals surface area contributed by atoms with E-state index in [1.54, 1.807) is 38.5 Å². The number of amides is 2. The number of carbonyl (C=O) groups excluding carboxylic acids is 2. The molecule has 2 amide bonds. The van der Waals surface area contributed by atoms with Gasteiger partial charge in [-0.1, -0.05) is 13.8 Å². The second-order valence-corrected chi connectivity index (χ2v) is 9.18. The highest BCUT2D eigenvalue weighted by Gasteiger charge is 2.32. The van der Waals surface area contributed by atoms with Crippen molar-refractivity contribution in [1.29, 1.82) is 0 Å². The first-order chi connectivity index (χ1) is 16.4. The van der Waals surface area contributed by atoms with Gasteiger partial charge in [0.1, 0.15) is 17.5 Å². The zero-order valence-electron chi connectivity index (χ0n) is 20.3. The molecule has 3 aromatic rings. The summed E-state index contributed by atoms with van der Waals surface area (Å²) in [4.78, 5) is 31.4. The number of nitrogens with one attached hydrogen (secondary N) is 2. The second kappa shape index (κ2) is 10.2. The van der Waals surface area contributed by atoms with Crippen molar-refractivity contribution in [2.24, 2.45) is 5.92 Å². The fraction of sp³-hybridized carbons (Fsp3) is 0.407. The van der Waals surface area contributed by atoms with Crippen LogP contribution >= 0.6 is 0 Å². The molecule has 1 fully saturated rings. The molecule has 4 rings (SSSR count). The number of nitrogens with zero attached hydrogens (tertiary/aromatic N) is 1. The molecule has 1 aliphatic rings. The van der Waals surface area contributed by atoms with Crippen molar-refractivity contribution in [2.45, 2.75) is 38.6 Å². The van der Waals surface area contributed by atoms with E-state index >= 15 is 0 Å². The van der Waals surface area contributed by atoms with Crippen molar-refractivity contribution in [2.75, 3.05) is 27.3 Å². The van der Waals surface area contributed by atoms with Crippen molar-refractivity contribution in [3.05, 3.63) is 59.8 Å². The minimum atomic E-state index is -0.566. The van der Waals surface area contributed by atoms with Gasteiger partial charge >= 0.3 is 0 Å². The van der Waals surface area contributed by atoms with Crippen LogP contribution in [-0.2, 0) is 4.79 Å². The molecule has 0 bridgehead atoms. The smallest absolute Gasteiger partial charge is 0.251 e. The normalized spacial score (nSPS) is 15.4. The van der Waals surface area contributed by atoms with Gasteiger partial charge in [0, 0.05) is 35.8 Å². The number of likely N-dealkylation sites (tertiary alicyclic amines) is 1. The van der Waals surface area contributed by atoms with E-state index in [9.17, 15) is 9.59 Å². The number of fused-ring (bicyclic) bond motifs is 1. The van der Waals surface area contributed by atoms with Gasteiger partial charge in [-0.2, -0.15) is 0 Å². The zero-order chi connectivity index (χ0) is 24.2. The first kappa shape index (κ1) is 23.7. The van der Waals surface area contributed by atoms with Crippen LogP contribution in [0.25, 0.3) is 10.9 Å². The number of benzene rings is 2. The minimum absolute atomic E-state index is 0.0177. The average molecular weight is 464 g/mol. The molecule has 2 aromatic carbocycles. The highest BCUT2D eigenvalue weighted by molar-refractivity contribution is 5.97. The third kappa shape index (κ3) is 4.88. The Morgan fingerprint density at radius 1 is 1.00 bits per heavy atom. The molecule has 1 saturated heterocycles. The fourth-order valence-corrected chi connectivity index (χ4v) is 4.67. The number of hydrogen-bond acceptors (Lipinski definition) is 4. The number of methoxy groups -OCH3 is 2. The summed E-state index contributed by atoms with van der Waals surface area (Å²) in [5, 5.41) is 4.13. The third-order valence-electron chi connectivity index (χ3n) is 6.74. The number of rotatable bonds is 7. The zero-order valence-corrected chi connectivity index (χ0v) is 20.3. The summed E-state index contributed by atoms with van der Waals surface area (Å²) in [5.74, 6) is 1.61. The summed E-state index contributed by atoms with van der Waals surface area (Å²) in [6.07, 6.45) is 3.85. The molecule has 0 radical (unpaired) electrons. The van der Waals surface area contributed by atoms with Crippen LogP contribution in [0.3, 0.4) is 0 Å². The van der Waals surface area contributed by atoms with Gasteiger partial charge in [-0.25, -0.2) is 0 Å². The first-order valence-corrected chi connectivity index (χ1v) is 11.8. The molecular formula is C27H33N3O4. The predicted octanol–water partition coefficient (Wildman–Crippen LogP) is 4.35. The van der Waals surface area contributed by atoms with E-state index in [0.717, 1.165) is 24.1 Å². The molecule has 2 heterocycles.